The first-order valence-electron chi connectivity index (χ1n) is 7.61. The molecule has 0 aromatic heterocycles. The lowest BCUT2D eigenvalue weighted by Crippen LogP contribution is -2.48. The Balaban J connectivity index is 1.95. The second-order valence-electron chi connectivity index (χ2n) is 6.24. The molecule has 2 unspecified atom stereocenters. The standard InChI is InChI=1S/C15H29NO2/c1-12-9-14(10-13(2)17-12)18-15(11-16-3)7-5-4-6-8-15/h12-14,16H,4-11H2,1-3H3. The summed E-state index contributed by atoms with van der Waals surface area (Å²) in [5.74, 6) is 0. The molecule has 2 aliphatic rings. The summed E-state index contributed by atoms with van der Waals surface area (Å²) >= 11 is 0. The molecule has 0 spiro atoms. The highest BCUT2D eigenvalue weighted by Crippen LogP contribution is 2.35. The van der Waals surface area contributed by atoms with Crippen LogP contribution in [0.4, 0.5) is 0 Å². The zero-order valence-electron chi connectivity index (χ0n) is 12.2. The SMILES string of the molecule is CNCC1(OC2CC(C)OC(C)C2)CCCCC1. The van der Waals surface area contributed by atoms with Crippen molar-refractivity contribution in [1.29, 1.82) is 0 Å². The Hall–Kier alpha value is -0.120. The van der Waals surface area contributed by atoms with E-state index in [1.165, 1.54) is 32.1 Å². The maximum atomic E-state index is 6.56. The van der Waals surface area contributed by atoms with Crippen LogP contribution in [0.25, 0.3) is 0 Å². The summed E-state index contributed by atoms with van der Waals surface area (Å²) in [6, 6.07) is 0. The molecule has 1 saturated carbocycles. The van der Waals surface area contributed by atoms with Crippen molar-refractivity contribution in [2.24, 2.45) is 0 Å². The van der Waals surface area contributed by atoms with Gasteiger partial charge in [-0.15, -0.1) is 0 Å². The van der Waals surface area contributed by atoms with Crippen LogP contribution in [0.1, 0.15) is 58.8 Å². The topological polar surface area (TPSA) is 30.5 Å². The van der Waals surface area contributed by atoms with Crippen molar-refractivity contribution in [2.45, 2.75) is 82.7 Å². The van der Waals surface area contributed by atoms with E-state index in [-0.39, 0.29) is 5.60 Å². The van der Waals surface area contributed by atoms with Gasteiger partial charge in [-0.3, -0.25) is 0 Å². The monoisotopic (exact) mass is 255 g/mol. The van der Waals surface area contributed by atoms with Crippen LogP contribution in [0.3, 0.4) is 0 Å². The highest BCUT2D eigenvalue weighted by atomic mass is 16.5. The molecular formula is C15H29NO2. The minimum Gasteiger partial charge on any atom is -0.375 e. The van der Waals surface area contributed by atoms with E-state index in [1.54, 1.807) is 0 Å². The lowest BCUT2D eigenvalue weighted by molar-refractivity contribution is -0.166. The van der Waals surface area contributed by atoms with E-state index in [4.69, 9.17) is 9.47 Å². The Morgan fingerprint density at radius 3 is 2.28 bits per heavy atom. The molecule has 2 fully saturated rings. The van der Waals surface area contributed by atoms with Crippen molar-refractivity contribution >= 4 is 0 Å². The van der Waals surface area contributed by atoms with Crippen LogP contribution < -0.4 is 5.32 Å². The smallest absolute Gasteiger partial charge is 0.0809 e. The van der Waals surface area contributed by atoms with Gasteiger partial charge < -0.3 is 14.8 Å². The van der Waals surface area contributed by atoms with Crippen LogP contribution in [-0.2, 0) is 9.47 Å². The van der Waals surface area contributed by atoms with Gasteiger partial charge in [0.05, 0.1) is 23.9 Å². The quantitative estimate of drug-likeness (QED) is 0.838. The molecule has 0 aromatic rings. The minimum absolute atomic E-state index is 0.0917. The zero-order valence-corrected chi connectivity index (χ0v) is 12.2. The van der Waals surface area contributed by atoms with Gasteiger partial charge in [0.25, 0.3) is 0 Å². The zero-order chi connectivity index (χ0) is 13.0. The maximum absolute atomic E-state index is 6.56. The Bertz CT molecular complexity index is 235. The summed E-state index contributed by atoms with van der Waals surface area (Å²) in [5, 5.41) is 3.33. The average molecular weight is 255 g/mol. The van der Waals surface area contributed by atoms with Crippen LogP contribution >= 0.6 is 0 Å². The van der Waals surface area contributed by atoms with Gasteiger partial charge in [0.15, 0.2) is 0 Å². The number of hydrogen-bond donors (Lipinski definition) is 1. The fourth-order valence-corrected chi connectivity index (χ4v) is 3.65. The third kappa shape index (κ3) is 3.69. The van der Waals surface area contributed by atoms with Crippen LogP contribution in [0, 0.1) is 0 Å². The van der Waals surface area contributed by atoms with Crippen molar-refractivity contribution in [3.05, 3.63) is 0 Å². The van der Waals surface area contributed by atoms with Crippen LogP contribution in [0.5, 0.6) is 0 Å². The number of nitrogens with one attached hydrogen (secondary N) is 1. The Morgan fingerprint density at radius 2 is 1.72 bits per heavy atom. The van der Waals surface area contributed by atoms with E-state index in [2.05, 4.69) is 19.2 Å². The molecule has 1 aliphatic carbocycles. The lowest BCUT2D eigenvalue weighted by Gasteiger charge is -2.43. The molecule has 3 heteroatoms. The van der Waals surface area contributed by atoms with Crippen molar-refractivity contribution < 1.29 is 9.47 Å². The first-order valence-corrected chi connectivity index (χ1v) is 7.61. The Labute approximate surface area is 112 Å². The molecule has 1 heterocycles. The number of ether oxygens (including phenoxy) is 2. The predicted molar refractivity (Wildman–Crippen MR) is 73.9 cm³/mol. The van der Waals surface area contributed by atoms with E-state index >= 15 is 0 Å². The van der Waals surface area contributed by atoms with Gasteiger partial charge in [0.2, 0.25) is 0 Å². The van der Waals surface area contributed by atoms with Gasteiger partial charge >= 0.3 is 0 Å². The molecule has 0 amide bonds. The van der Waals surface area contributed by atoms with Gasteiger partial charge in [-0.1, -0.05) is 19.3 Å². The predicted octanol–water partition coefficient (Wildman–Crippen LogP) is 2.88. The summed E-state index contributed by atoms with van der Waals surface area (Å²) in [6.45, 7) is 5.32. The molecule has 2 atom stereocenters. The summed E-state index contributed by atoms with van der Waals surface area (Å²) < 4.78 is 12.4. The van der Waals surface area contributed by atoms with Crippen molar-refractivity contribution in [1.82, 2.24) is 5.32 Å². The second kappa shape index (κ2) is 6.36. The summed E-state index contributed by atoms with van der Waals surface area (Å²) in [4.78, 5) is 0. The third-order valence-corrected chi connectivity index (χ3v) is 4.33. The van der Waals surface area contributed by atoms with Gasteiger partial charge in [-0.25, -0.2) is 0 Å². The Kier molecular flexibility index (Phi) is 5.05. The van der Waals surface area contributed by atoms with Crippen molar-refractivity contribution in [3.8, 4) is 0 Å². The average Bonchev–Trinajstić information content (AvgIpc) is 2.28. The van der Waals surface area contributed by atoms with E-state index in [9.17, 15) is 0 Å². The van der Waals surface area contributed by atoms with Crippen LogP contribution in [-0.4, -0.2) is 37.5 Å². The minimum atomic E-state index is 0.0917. The largest absolute Gasteiger partial charge is 0.375 e. The third-order valence-electron chi connectivity index (χ3n) is 4.33. The van der Waals surface area contributed by atoms with Gasteiger partial charge in [-0.2, -0.15) is 0 Å². The maximum Gasteiger partial charge on any atom is 0.0809 e. The molecule has 3 nitrogen and oxygen atoms in total. The molecule has 2 rings (SSSR count). The molecular weight excluding hydrogens is 226 g/mol. The Morgan fingerprint density at radius 1 is 1.11 bits per heavy atom. The molecule has 1 saturated heterocycles. The fourth-order valence-electron chi connectivity index (χ4n) is 3.65. The van der Waals surface area contributed by atoms with Gasteiger partial charge in [0, 0.05) is 6.54 Å². The fraction of sp³-hybridized carbons (Fsp3) is 1.00. The highest BCUT2D eigenvalue weighted by Gasteiger charge is 2.37. The molecule has 0 bridgehead atoms. The van der Waals surface area contributed by atoms with E-state index in [0.29, 0.717) is 18.3 Å². The molecule has 1 aliphatic heterocycles. The number of likely N-dealkylation sites (N-methyl/N-ethyl adjacent to an activating group) is 1. The lowest BCUT2D eigenvalue weighted by atomic mass is 9.84. The number of rotatable bonds is 4. The van der Waals surface area contributed by atoms with E-state index in [1.807, 2.05) is 7.05 Å². The van der Waals surface area contributed by atoms with Gasteiger partial charge in [-0.05, 0) is 46.6 Å². The number of hydrogen-bond acceptors (Lipinski definition) is 3. The van der Waals surface area contributed by atoms with E-state index in [0.717, 1.165) is 19.4 Å². The summed E-state index contributed by atoms with van der Waals surface area (Å²) in [6.07, 6.45) is 9.60. The van der Waals surface area contributed by atoms with Crippen LogP contribution in [0.15, 0.2) is 0 Å². The molecule has 18 heavy (non-hydrogen) atoms. The van der Waals surface area contributed by atoms with Crippen molar-refractivity contribution in [2.75, 3.05) is 13.6 Å². The van der Waals surface area contributed by atoms with Crippen LogP contribution in [0.2, 0.25) is 0 Å². The molecule has 1 N–H and O–H groups in total. The molecule has 0 aromatic carbocycles. The second-order valence-corrected chi connectivity index (χ2v) is 6.24. The summed E-state index contributed by atoms with van der Waals surface area (Å²) in [7, 11) is 2.04. The summed E-state index contributed by atoms with van der Waals surface area (Å²) in [5.41, 5.74) is 0.0917. The first-order chi connectivity index (χ1) is 8.63. The molecule has 106 valence electrons. The van der Waals surface area contributed by atoms with E-state index < -0.39 is 0 Å². The highest BCUT2D eigenvalue weighted by molar-refractivity contribution is 4.89. The molecule has 0 radical (unpaired) electrons. The normalized spacial score (nSPS) is 36.5. The first kappa shape index (κ1) is 14.3. The van der Waals surface area contributed by atoms with Gasteiger partial charge in [0.1, 0.15) is 0 Å². The van der Waals surface area contributed by atoms with Crippen molar-refractivity contribution in [3.63, 3.8) is 0 Å².